The predicted molar refractivity (Wildman–Crippen MR) is 83.7 cm³/mol. The molecule has 116 valence electrons. The molecular formula is C16H23NO3S. The monoisotopic (exact) mass is 309 g/mol. The van der Waals surface area contributed by atoms with Crippen LogP contribution in [0.1, 0.15) is 43.5 Å². The summed E-state index contributed by atoms with van der Waals surface area (Å²) in [5.74, 6) is 0.259. The van der Waals surface area contributed by atoms with Crippen molar-refractivity contribution in [3.8, 4) is 0 Å². The molecule has 0 saturated heterocycles. The van der Waals surface area contributed by atoms with E-state index in [1.807, 2.05) is 13.8 Å². The van der Waals surface area contributed by atoms with E-state index in [9.17, 15) is 14.1 Å². The van der Waals surface area contributed by atoms with Gasteiger partial charge in [0.05, 0.1) is 16.9 Å². The number of hydrogen-bond acceptors (Lipinski definition) is 3. The van der Waals surface area contributed by atoms with Gasteiger partial charge in [-0.25, -0.2) is 0 Å². The van der Waals surface area contributed by atoms with Gasteiger partial charge in [-0.05, 0) is 49.4 Å². The molecule has 1 aliphatic rings. The first kappa shape index (κ1) is 16.2. The van der Waals surface area contributed by atoms with Crippen molar-refractivity contribution in [1.29, 1.82) is 0 Å². The maximum absolute atomic E-state index is 12.0. The second kappa shape index (κ2) is 7.18. The Kier molecular flexibility index (Phi) is 5.53. The summed E-state index contributed by atoms with van der Waals surface area (Å²) < 4.78 is 11.9. The zero-order valence-electron chi connectivity index (χ0n) is 12.5. The molecule has 0 bridgehead atoms. The Labute approximate surface area is 128 Å². The molecule has 1 amide bonds. The number of aliphatic hydroxyl groups excluding tert-OH is 1. The highest BCUT2D eigenvalue weighted by Gasteiger charge is 2.23. The van der Waals surface area contributed by atoms with Crippen molar-refractivity contribution in [1.82, 2.24) is 5.32 Å². The van der Waals surface area contributed by atoms with E-state index in [4.69, 9.17) is 0 Å². The Morgan fingerprint density at radius 3 is 2.52 bits per heavy atom. The quantitative estimate of drug-likeness (QED) is 0.875. The normalized spacial score (nSPS) is 23.2. The van der Waals surface area contributed by atoms with Gasteiger partial charge in [0.25, 0.3) is 5.91 Å². The third-order valence-corrected chi connectivity index (χ3v) is 5.43. The number of carbonyl (C=O) groups excluding carboxylic acids is 1. The van der Waals surface area contributed by atoms with E-state index in [-0.39, 0.29) is 17.3 Å². The standard InChI is InChI=1S/C16H23NO3S/c1-11(2)21(20)15-7-4-13(5-8-15)16(19)17-10-12-3-6-14(18)9-12/h4-5,7-8,11-12,14,18H,3,6,9-10H2,1-2H3,(H,17,19)/t12-,14-,21+/m1/s1. The van der Waals surface area contributed by atoms with Gasteiger partial charge in [-0.2, -0.15) is 0 Å². The first-order chi connectivity index (χ1) is 9.97. The summed E-state index contributed by atoms with van der Waals surface area (Å²) in [4.78, 5) is 12.8. The molecule has 1 aliphatic carbocycles. The lowest BCUT2D eigenvalue weighted by Crippen LogP contribution is -2.28. The Bertz CT molecular complexity index is 513. The number of nitrogens with one attached hydrogen (secondary N) is 1. The minimum atomic E-state index is -1.03. The van der Waals surface area contributed by atoms with Crippen LogP contribution in [-0.2, 0) is 10.8 Å². The minimum absolute atomic E-state index is 0.0680. The van der Waals surface area contributed by atoms with Crippen LogP contribution in [0.25, 0.3) is 0 Å². The second-order valence-corrected chi connectivity index (χ2v) is 7.92. The van der Waals surface area contributed by atoms with E-state index in [2.05, 4.69) is 5.32 Å². The summed E-state index contributed by atoms with van der Waals surface area (Å²) in [6.45, 7) is 4.43. The molecule has 2 rings (SSSR count). The topological polar surface area (TPSA) is 66.4 Å². The summed E-state index contributed by atoms with van der Waals surface area (Å²) in [5.41, 5.74) is 0.582. The summed E-state index contributed by atoms with van der Waals surface area (Å²) in [5, 5.41) is 12.4. The predicted octanol–water partition coefficient (Wildman–Crippen LogP) is 2.09. The number of rotatable bonds is 5. The zero-order valence-corrected chi connectivity index (χ0v) is 13.4. The van der Waals surface area contributed by atoms with Crippen LogP contribution < -0.4 is 5.32 Å². The zero-order chi connectivity index (χ0) is 15.4. The molecule has 0 aliphatic heterocycles. The van der Waals surface area contributed by atoms with Crippen LogP contribution in [0.4, 0.5) is 0 Å². The number of benzene rings is 1. The Hall–Kier alpha value is -1.20. The van der Waals surface area contributed by atoms with E-state index < -0.39 is 10.8 Å². The SMILES string of the molecule is CC(C)[S@](=O)c1ccc(C(=O)NC[C@@H]2CC[C@@H](O)C2)cc1. The van der Waals surface area contributed by atoms with Crippen molar-refractivity contribution in [2.45, 2.75) is 49.4 Å². The number of aliphatic hydroxyl groups is 1. The summed E-state index contributed by atoms with van der Waals surface area (Å²) in [7, 11) is -1.03. The Balaban J connectivity index is 1.89. The Morgan fingerprint density at radius 2 is 2.00 bits per heavy atom. The van der Waals surface area contributed by atoms with Gasteiger partial charge in [0.15, 0.2) is 0 Å². The van der Waals surface area contributed by atoms with Gasteiger partial charge in [0.1, 0.15) is 0 Å². The fourth-order valence-electron chi connectivity index (χ4n) is 2.59. The van der Waals surface area contributed by atoms with Crippen molar-refractivity contribution in [3.05, 3.63) is 29.8 Å². The summed E-state index contributed by atoms with van der Waals surface area (Å²) in [6.07, 6.45) is 2.36. The molecule has 1 saturated carbocycles. The van der Waals surface area contributed by atoms with Gasteiger partial charge >= 0.3 is 0 Å². The Morgan fingerprint density at radius 1 is 1.33 bits per heavy atom. The van der Waals surface area contributed by atoms with E-state index in [1.54, 1.807) is 24.3 Å². The molecule has 0 radical (unpaired) electrons. The number of amides is 1. The lowest BCUT2D eigenvalue weighted by Gasteiger charge is -2.11. The molecule has 2 N–H and O–H groups in total. The first-order valence-corrected chi connectivity index (χ1v) is 8.65. The molecule has 1 fully saturated rings. The van der Waals surface area contributed by atoms with Crippen LogP contribution in [0.15, 0.2) is 29.2 Å². The van der Waals surface area contributed by atoms with Gasteiger partial charge < -0.3 is 10.4 Å². The van der Waals surface area contributed by atoms with Gasteiger partial charge in [-0.3, -0.25) is 9.00 Å². The van der Waals surface area contributed by atoms with Gasteiger partial charge in [0.2, 0.25) is 0 Å². The smallest absolute Gasteiger partial charge is 0.251 e. The molecule has 3 atom stereocenters. The third kappa shape index (κ3) is 4.38. The van der Waals surface area contributed by atoms with Crippen molar-refractivity contribution >= 4 is 16.7 Å². The molecule has 5 heteroatoms. The lowest BCUT2D eigenvalue weighted by molar-refractivity contribution is 0.0945. The highest BCUT2D eigenvalue weighted by Crippen LogP contribution is 2.24. The second-order valence-electron chi connectivity index (χ2n) is 5.91. The van der Waals surface area contributed by atoms with E-state index in [0.717, 1.165) is 24.2 Å². The van der Waals surface area contributed by atoms with Crippen LogP contribution in [0.5, 0.6) is 0 Å². The van der Waals surface area contributed by atoms with Crippen molar-refractivity contribution < 1.29 is 14.1 Å². The molecule has 4 nitrogen and oxygen atoms in total. The van der Waals surface area contributed by atoms with Crippen LogP contribution >= 0.6 is 0 Å². The molecule has 0 spiro atoms. The summed E-state index contributed by atoms with van der Waals surface area (Å²) in [6, 6.07) is 6.94. The molecule has 0 aromatic heterocycles. The number of hydrogen-bond donors (Lipinski definition) is 2. The summed E-state index contributed by atoms with van der Waals surface area (Å²) >= 11 is 0. The average molecular weight is 309 g/mol. The molecule has 0 heterocycles. The van der Waals surface area contributed by atoms with Crippen LogP contribution in [-0.4, -0.2) is 33.1 Å². The van der Waals surface area contributed by atoms with Crippen molar-refractivity contribution in [3.63, 3.8) is 0 Å². The van der Waals surface area contributed by atoms with E-state index in [1.165, 1.54) is 0 Å². The van der Waals surface area contributed by atoms with Gasteiger partial charge in [-0.15, -0.1) is 0 Å². The molecule has 0 unspecified atom stereocenters. The average Bonchev–Trinajstić information content (AvgIpc) is 2.89. The molecule has 21 heavy (non-hydrogen) atoms. The minimum Gasteiger partial charge on any atom is -0.393 e. The van der Waals surface area contributed by atoms with E-state index in [0.29, 0.717) is 18.0 Å². The fourth-order valence-corrected chi connectivity index (χ4v) is 3.53. The van der Waals surface area contributed by atoms with Crippen molar-refractivity contribution in [2.75, 3.05) is 6.54 Å². The first-order valence-electron chi connectivity index (χ1n) is 7.44. The molecule has 1 aromatic rings. The maximum Gasteiger partial charge on any atom is 0.251 e. The van der Waals surface area contributed by atoms with Gasteiger partial charge in [-0.1, -0.05) is 13.8 Å². The highest BCUT2D eigenvalue weighted by atomic mass is 32.2. The van der Waals surface area contributed by atoms with Crippen LogP contribution in [0, 0.1) is 5.92 Å². The van der Waals surface area contributed by atoms with Crippen molar-refractivity contribution in [2.24, 2.45) is 5.92 Å². The van der Waals surface area contributed by atoms with Gasteiger partial charge in [0, 0.05) is 22.3 Å². The largest absolute Gasteiger partial charge is 0.393 e. The highest BCUT2D eigenvalue weighted by molar-refractivity contribution is 7.85. The van der Waals surface area contributed by atoms with Crippen LogP contribution in [0.2, 0.25) is 0 Å². The lowest BCUT2D eigenvalue weighted by atomic mass is 10.1. The third-order valence-electron chi connectivity index (χ3n) is 3.84. The molecular weight excluding hydrogens is 286 g/mol. The maximum atomic E-state index is 12.0. The molecule has 1 aromatic carbocycles. The van der Waals surface area contributed by atoms with E-state index >= 15 is 0 Å². The fraction of sp³-hybridized carbons (Fsp3) is 0.562. The van der Waals surface area contributed by atoms with Crippen LogP contribution in [0.3, 0.4) is 0 Å². The number of carbonyl (C=O) groups is 1.